The van der Waals surface area contributed by atoms with Crippen LogP contribution in [0.5, 0.6) is 0 Å². The van der Waals surface area contributed by atoms with Gasteiger partial charge in [0.25, 0.3) is 0 Å². The summed E-state index contributed by atoms with van der Waals surface area (Å²) in [5, 5.41) is 0. The molecule has 0 aromatic rings. The fraction of sp³-hybridized carbons (Fsp3) is 1.00. The zero-order valence-electron chi connectivity index (χ0n) is 5.23. The molecule has 1 aliphatic heterocycles. The molecule has 0 N–H and O–H groups in total. The molecule has 0 unspecified atom stereocenters. The lowest BCUT2D eigenvalue weighted by atomic mass is 10.0. The van der Waals surface area contributed by atoms with Crippen LogP contribution in [-0.2, 0) is 0 Å². The van der Waals surface area contributed by atoms with E-state index in [1.165, 1.54) is 25.9 Å². The standard InChI is InChI=1S/C6H12IN/c1-6-2-4-8(7)5-3-6/h6H,2-5H2,1H3. The molecule has 0 aromatic carbocycles. The van der Waals surface area contributed by atoms with Crippen LogP contribution >= 0.6 is 22.9 Å². The molecule has 0 spiro atoms. The van der Waals surface area contributed by atoms with Crippen molar-refractivity contribution in [1.82, 2.24) is 3.11 Å². The van der Waals surface area contributed by atoms with Crippen molar-refractivity contribution in [1.29, 1.82) is 0 Å². The quantitative estimate of drug-likeness (QED) is 0.450. The highest BCUT2D eigenvalue weighted by Gasteiger charge is 2.11. The van der Waals surface area contributed by atoms with Gasteiger partial charge < -0.3 is 0 Å². The molecule has 8 heavy (non-hydrogen) atoms. The Morgan fingerprint density at radius 2 is 1.88 bits per heavy atom. The van der Waals surface area contributed by atoms with E-state index < -0.39 is 0 Å². The predicted molar refractivity (Wildman–Crippen MR) is 44.0 cm³/mol. The molecule has 1 rings (SSSR count). The van der Waals surface area contributed by atoms with Crippen LogP contribution in [0, 0.1) is 5.92 Å². The number of hydrogen-bond acceptors (Lipinski definition) is 1. The topological polar surface area (TPSA) is 3.24 Å². The van der Waals surface area contributed by atoms with E-state index in [1.54, 1.807) is 0 Å². The first-order valence-electron chi connectivity index (χ1n) is 3.20. The second kappa shape index (κ2) is 3.01. The molecular formula is C6H12IN. The molecule has 1 fully saturated rings. The summed E-state index contributed by atoms with van der Waals surface area (Å²) in [5.41, 5.74) is 0. The van der Waals surface area contributed by atoms with Crippen LogP contribution in [0.1, 0.15) is 19.8 Å². The zero-order valence-corrected chi connectivity index (χ0v) is 7.39. The first-order valence-corrected chi connectivity index (χ1v) is 4.16. The van der Waals surface area contributed by atoms with Crippen molar-refractivity contribution in [3.8, 4) is 0 Å². The molecule has 1 heterocycles. The Hall–Kier alpha value is 0.690. The van der Waals surface area contributed by atoms with Crippen molar-refractivity contribution in [3.05, 3.63) is 0 Å². The fourth-order valence-corrected chi connectivity index (χ4v) is 1.53. The van der Waals surface area contributed by atoms with Gasteiger partial charge in [-0.3, -0.25) is 0 Å². The van der Waals surface area contributed by atoms with Gasteiger partial charge in [0, 0.05) is 36.0 Å². The molecule has 1 aliphatic rings. The summed E-state index contributed by atoms with van der Waals surface area (Å²) in [4.78, 5) is 0. The Morgan fingerprint density at radius 1 is 1.38 bits per heavy atom. The molecule has 0 amide bonds. The SMILES string of the molecule is CC1CCN(I)CC1. The second-order valence-electron chi connectivity index (χ2n) is 2.59. The minimum absolute atomic E-state index is 0.973. The van der Waals surface area contributed by atoms with Gasteiger partial charge in [0.2, 0.25) is 0 Å². The monoisotopic (exact) mass is 225 g/mol. The summed E-state index contributed by atoms with van der Waals surface area (Å²) >= 11 is 2.40. The van der Waals surface area contributed by atoms with Gasteiger partial charge >= 0.3 is 0 Å². The first-order chi connectivity index (χ1) is 3.79. The van der Waals surface area contributed by atoms with E-state index in [9.17, 15) is 0 Å². The lowest BCUT2D eigenvalue weighted by Gasteiger charge is -2.24. The van der Waals surface area contributed by atoms with Crippen molar-refractivity contribution in [2.45, 2.75) is 19.8 Å². The Morgan fingerprint density at radius 3 is 2.25 bits per heavy atom. The molecule has 2 heteroatoms. The van der Waals surface area contributed by atoms with Gasteiger partial charge in [-0.25, -0.2) is 3.11 Å². The third-order valence-corrected chi connectivity index (χ3v) is 2.69. The Labute approximate surface area is 64.9 Å². The van der Waals surface area contributed by atoms with Crippen LogP contribution in [0.25, 0.3) is 0 Å². The Bertz CT molecular complexity index is 56.9. The molecule has 1 nitrogen and oxygen atoms in total. The van der Waals surface area contributed by atoms with E-state index in [0.29, 0.717) is 0 Å². The molecule has 0 atom stereocenters. The van der Waals surface area contributed by atoms with E-state index >= 15 is 0 Å². The van der Waals surface area contributed by atoms with Gasteiger partial charge in [0.15, 0.2) is 0 Å². The second-order valence-corrected chi connectivity index (χ2v) is 3.96. The lowest BCUT2D eigenvalue weighted by molar-refractivity contribution is 0.327. The number of piperidine rings is 1. The van der Waals surface area contributed by atoms with Crippen LogP contribution in [0.3, 0.4) is 0 Å². The molecule has 0 aromatic heterocycles. The summed E-state index contributed by atoms with van der Waals surface area (Å²) in [5.74, 6) is 0.973. The van der Waals surface area contributed by atoms with Crippen LogP contribution in [0.15, 0.2) is 0 Å². The number of hydrogen-bond donors (Lipinski definition) is 0. The van der Waals surface area contributed by atoms with Crippen molar-refractivity contribution in [2.24, 2.45) is 5.92 Å². The normalized spacial score (nSPS) is 26.2. The molecule has 0 saturated carbocycles. The number of halogens is 1. The maximum Gasteiger partial charge on any atom is 0.0201 e. The number of rotatable bonds is 0. The van der Waals surface area contributed by atoms with Crippen LogP contribution in [-0.4, -0.2) is 16.2 Å². The highest BCUT2D eigenvalue weighted by atomic mass is 127. The molecule has 0 radical (unpaired) electrons. The van der Waals surface area contributed by atoms with Crippen LogP contribution < -0.4 is 0 Å². The van der Waals surface area contributed by atoms with Crippen molar-refractivity contribution in [2.75, 3.05) is 13.1 Å². The summed E-state index contributed by atoms with van der Waals surface area (Å²) in [7, 11) is 0. The Kier molecular flexibility index (Phi) is 2.56. The van der Waals surface area contributed by atoms with E-state index in [1.807, 2.05) is 0 Å². The van der Waals surface area contributed by atoms with Gasteiger partial charge in [0.05, 0.1) is 0 Å². The summed E-state index contributed by atoms with van der Waals surface area (Å²) in [6, 6.07) is 0. The van der Waals surface area contributed by atoms with E-state index in [4.69, 9.17) is 0 Å². The highest BCUT2D eigenvalue weighted by molar-refractivity contribution is 14.1. The van der Waals surface area contributed by atoms with Crippen molar-refractivity contribution < 1.29 is 0 Å². The molecular weight excluding hydrogens is 213 g/mol. The third-order valence-electron chi connectivity index (χ3n) is 1.73. The fourth-order valence-electron chi connectivity index (χ4n) is 0.977. The molecule has 48 valence electrons. The highest BCUT2D eigenvalue weighted by Crippen LogP contribution is 2.17. The molecule has 0 aliphatic carbocycles. The smallest absolute Gasteiger partial charge is 0.0201 e. The lowest BCUT2D eigenvalue weighted by Crippen LogP contribution is -2.24. The minimum Gasteiger partial charge on any atom is -0.248 e. The van der Waals surface area contributed by atoms with E-state index in [2.05, 4.69) is 32.9 Å². The minimum atomic E-state index is 0.973. The van der Waals surface area contributed by atoms with Crippen LogP contribution in [0.2, 0.25) is 0 Å². The van der Waals surface area contributed by atoms with Gasteiger partial charge in [-0.05, 0) is 18.8 Å². The van der Waals surface area contributed by atoms with E-state index in [0.717, 1.165) is 5.92 Å². The average molecular weight is 225 g/mol. The van der Waals surface area contributed by atoms with E-state index in [-0.39, 0.29) is 0 Å². The molecule has 0 bridgehead atoms. The van der Waals surface area contributed by atoms with Crippen molar-refractivity contribution in [3.63, 3.8) is 0 Å². The molecule has 1 saturated heterocycles. The van der Waals surface area contributed by atoms with Gasteiger partial charge in [-0.1, -0.05) is 6.92 Å². The van der Waals surface area contributed by atoms with Gasteiger partial charge in [-0.15, -0.1) is 0 Å². The van der Waals surface area contributed by atoms with Crippen molar-refractivity contribution >= 4 is 22.9 Å². The third kappa shape index (κ3) is 1.90. The summed E-state index contributed by atoms with van der Waals surface area (Å²) in [6.07, 6.45) is 2.78. The predicted octanol–water partition coefficient (Wildman–Crippen LogP) is 2.07. The average Bonchev–Trinajstić information content (AvgIpc) is 1.77. The largest absolute Gasteiger partial charge is 0.248 e. The first kappa shape index (κ1) is 6.81. The van der Waals surface area contributed by atoms with Gasteiger partial charge in [0.1, 0.15) is 0 Å². The van der Waals surface area contributed by atoms with Crippen LogP contribution in [0.4, 0.5) is 0 Å². The van der Waals surface area contributed by atoms with Gasteiger partial charge in [-0.2, -0.15) is 0 Å². The Balaban J connectivity index is 2.19. The zero-order chi connectivity index (χ0) is 5.98. The maximum absolute atomic E-state index is 2.40. The maximum atomic E-state index is 2.40. The summed E-state index contributed by atoms with van der Waals surface area (Å²) in [6.45, 7) is 4.92. The number of nitrogens with zero attached hydrogens (tertiary/aromatic N) is 1. The summed E-state index contributed by atoms with van der Waals surface area (Å²) < 4.78 is 2.37.